The monoisotopic (exact) mass is 243 g/mol. The molecule has 1 aliphatic rings. The highest BCUT2D eigenvalue weighted by Gasteiger charge is 2.42. The Morgan fingerprint density at radius 2 is 2.08 bits per heavy atom. The van der Waals surface area contributed by atoms with Crippen LogP contribution in [-0.2, 0) is 5.54 Å². The van der Waals surface area contributed by atoms with E-state index in [0.717, 1.165) is 22.9 Å². The molecule has 0 atom stereocenters. The van der Waals surface area contributed by atoms with Crippen LogP contribution in [0.2, 0.25) is 0 Å². The highest BCUT2D eigenvalue weighted by molar-refractivity contribution is 9.10. The smallest absolute Gasteiger partial charge is 0.124 e. The van der Waals surface area contributed by atoms with Crippen LogP contribution in [0.25, 0.3) is 0 Å². The SMILES string of the molecule is CNC1(c2cc(F)cc(Br)c2)CC1. The van der Waals surface area contributed by atoms with E-state index in [1.54, 1.807) is 6.07 Å². The fourth-order valence-corrected chi connectivity index (χ4v) is 2.10. The van der Waals surface area contributed by atoms with E-state index in [1.807, 2.05) is 13.1 Å². The third-order valence-electron chi connectivity index (χ3n) is 2.64. The van der Waals surface area contributed by atoms with Gasteiger partial charge in [-0.05, 0) is 43.7 Å². The van der Waals surface area contributed by atoms with Gasteiger partial charge in [0.25, 0.3) is 0 Å². The number of hydrogen-bond acceptors (Lipinski definition) is 1. The van der Waals surface area contributed by atoms with Gasteiger partial charge in [0.1, 0.15) is 5.82 Å². The van der Waals surface area contributed by atoms with E-state index in [9.17, 15) is 4.39 Å². The molecule has 0 saturated heterocycles. The molecule has 0 spiro atoms. The van der Waals surface area contributed by atoms with Gasteiger partial charge in [-0.1, -0.05) is 15.9 Å². The second-order valence-electron chi connectivity index (χ2n) is 3.49. The van der Waals surface area contributed by atoms with Gasteiger partial charge in [-0.3, -0.25) is 0 Å². The van der Waals surface area contributed by atoms with Crippen LogP contribution in [0.15, 0.2) is 22.7 Å². The van der Waals surface area contributed by atoms with Crippen LogP contribution in [0.1, 0.15) is 18.4 Å². The summed E-state index contributed by atoms with van der Waals surface area (Å²) in [6.45, 7) is 0. The van der Waals surface area contributed by atoms with Gasteiger partial charge < -0.3 is 5.32 Å². The van der Waals surface area contributed by atoms with Crippen molar-refractivity contribution in [1.82, 2.24) is 5.32 Å². The Balaban J connectivity index is 2.40. The summed E-state index contributed by atoms with van der Waals surface area (Å²) in [6.07, 6.45) is 2.19. The van der Waals surface area contributed by atoms with Crippen molar-refractivity contribution in [3.05, 3.63) is 34.1 Å². The van der Waals surface area contributed by atoms with Crippen LogP contribution in [-0.4, -0.2) is 7.05 Å². The molecule has 0 aliphatic heterocycles. The zero-order valence-corrected chi connectivity index (χ0v) is 8.99. The van der Waals surface area contributed by atoms with Gasteiger partial charge in [0, 0.05) is 10.0 Å². The molecule has 0 radical (unpaired) electrons. The lowest BCUT2D eigenvalue weighted by Crippen LogP contribution is -2.24. The van der Waals surface area contributed by atoms with Crippen molar-refractivity contribution in [1.29, 1.82) is 0 Å². The van der Waals surface area contributed by atoms with Gasteiger partial charge in [-0.15, -0.1) is 0 Å². The molecule has 1 aromatic carbocycles. The van der Waals surface area contributed by atoms with Gasteiger partial charge in [0.2, 0.25) is 0 Å². The summed E-state index contributed by atoms with van der Waals surface area (Å²) in [6, 6.07) is 5.07. The quantitative estimate of drug-likeness (QED) is 0.843. The number of halogens is 2. The van der Waals surface area contributed by atoms with Crippen molar-refractivity contribution in [2.24, 2.45) is 0 Å². The molecule has 3 heteroatoms. The summed E-state index contributed by atoms with van der Waals surface area (Å²) >= 11 is 3.29. The van der Waals surface area contributed by atoms with Crippen LogP contribution < -0.4 is 5.32 Å². The lowest BCUT2D eigenvalue weighted by molar-refractivity contribution is 0.570. The number of hydrogen-bond donors (Lipinski definition) is 1. The minimum absolute atomic E-state index is 0.0463. The highest BCUT2D eigenvalue weighted by Crippen LogP contribution is 2.45. The van der Waals surface area contributed by atoms with Crippen molar-refractivity contribution in [3.8, 4) is 0 Å². The third-order valence-corrected chi connectivity index (χ3v) is 3.10. The molecule has 1 nitrogen and oxygen atoms in total. The summed E-state index contributed by atoms with van der Waals surface area (Å²) in [5, 5.41) is 3.24. The molecule has 70 valence electrons. The Morgan fingerprint density at radius 1 is 1.38 bits per heavy atom. The standard InChI is InChI=1S/C10H11BrFN/c1-13-10(2-3-10)7-4-8(11)6-9(12)5-7/h4-6,13H,2-3H2,1H3. The molecule has 0 unspecified atom stereocenters. The minimum atomic E-state index is -0.175. The first-order valence-corrected chi connectivity index (χ1v) is 5.11. The van der Waals surface area contributed by atoms with Gasteiger partial charge >= 0.3 is 0 Å². The van der Waals surface area contributed by atoms with E-state index in [2.05, 4.69) is 21.2 Å². The molecule has 0 heterocycles. The molecule has 1 fully saturated rings. The summed E-state index contributed by atoms with van der Waals surface area (Å²) in [5.74, 6) is -0.175. The normalized spacial score (nSPS) is 18.7. The van der Waals surface area contributed by atoms with Crippen LogP contribution in [0.4, 0.5) is 4.39 Å². The number of nitrogens with one attached hydrogen (secondary N) is 1. The molecule has 1 aromatic rings. The van der Waals surface area contributed by atoms with Crippen molar-refractivity contribution in [3.63, 3.8) is 0 Å². The van der Waals surface area contributed by atoms with Gasteiger partial charge in [0.15, 0.2) is 0 Å². The molecular weight excluding hydrogens is 233 g/mol. The summed E-state index contributed by atoms with van der Waals surface area (Å²) in [7, 11) is 1.92. The molecule has 0 bridgehead atoms. The predicted molar refractivity (Wildman–Crippen MR) is 54.1 cm³/mol. The molecular formula is C10H11BrFN. The van der Waals surface area contributed by atoms with E-state index in [4.69, 9.17) is 0 Å². The average molecular weight is 244 g/mol. The van der Waals surface area contributed by atoms with Crippen LogP contribution in [0.3, 0.4) is 0 Å². The first-order valence-electron chi connectivity index (χ1n) is 4.32. The number of rotatable bonds is 2. The first-order chi connectivity index (χ1) is 6.16. The van der Waals surface area contributed by atoms with E-state index >= 15 is 0 Å². The van der Waals surface area contributed by atoms with Crippen LogP contribution in [0.5, 0.6) is 0 Å². The molecule has 0 amide bonds. The van der Waals surface area contributed by atoms with Gasteiger partial charge in [-0.2, -0.15) is 0 Å². The average Bonchev–Trinajstić information content (AvgIpc) is 2.82. The minimum Gasteiger partial charge on any atom is -0.310 e. The van der Waals surface area contributed by atoms with E-state index in [0.29, 0.717) is 0 Å². The Labute approximate surface area is 85.5 Å². The Hall–Kier alpha value is -0.410. The van der Waals surface area contributed by atoms with Crippen molar-refractivity contribution < 1.29 is 4.39 Å². The Kier molecular flexibility index (Phi) is 2.16. The molecule has 2 rings (SSSR count). The zero-order valence-electron chi connectivity index (χ0n) is 7.40. The maximum Gasteiger partial charge on any atom is 0.124 e. The molecule has 13 heavy (non-hydrogen) atoms. The summed E-state index contributed by atoms with van der Waals surface area (Å²) in [4.78, 5) is 0. The summed E-state index contributed by atoms with van der Waals surface area (Å²) in [5.41, 5.74) is 1.09. The van der Waals surface area contributed by atoms with Gasteiger partial charge in [-0.25, -0.2) is 4.39 Å². The largest absolute Gasteiger partial charge is 0.310 e. The summed E-state index contributed by atoms with van der Waals surface area (Å²) < 4.78 is 13.9. The van der Waals surface area contributed by atoms with Crippen molar-refractivity contribution in [2.45, 2.75) is 18.4 Å². The fraction of sp³-hybridized carbons (Fsp3) is 0.400. The Bertz CT molecular complexity index is 313. The Morgan fingerprint density at radius 3 is 2.54 bits per heavy atom. The lowest BCUT2D eigenvalue weighted by Gasteiger charge is -2.14. The van der Waals surface area contributed by atoms with Crippen molar-refractivity contribution >= 4 is 15.9 Å². The maximum absolute atomic E-state index is 13.1. The molecule has 1 aliphatic carbocycles. The predicted octanol–water partition coefficient (Wildman–Crippen LogP) is 2.80. The fourth-order valence-electron chi connectivity index (χ4n) is 1.64. The molecule has 0 aromatic heterocycles. The highest BCUT2D eigenvalue weighted by atomic mass is 79.9. The lowest BCUT2D eigenvalue weighted by atomic mass is 10.1. The van der Waals surface area contributed by atoms with E-state index < -0.39 is 0 Å². The first kappa shape index (κ1) is 9.16. The topological polar surface area (TPSA) is 12.0 Å². The number of benzene rings is 1. The van der Waals surface area contributed by atoms with E-state index in [-0.39, 0.29) is 11.4 Å². The van der Waals surface area contributed by atoms with Crippen LogP contribution >= 0.6 is 15.9 Å². The second-order valence-corrected chi connectivity index (χ2v) is 4.41. The molecule has 1 saturated carbocycles. The molecule has 1 N–H and O–H groups in total. The van der Waals surface area contributed by atoms with Gasteiger partial charge in [0.05, 0.1) is 0 Å². The zero-order chi connectivity index (χ0) is 9.47. The van der Waals surface area contributed by atoms with Crippen LogP contribution in [0, 0.1) is 5.82 Å². The van der Waals surface area contributed by atoms with Crippen molar-refractivity contribution in [2.75, 3.05) is 7.05 Å². The second kappa shape index (κ2) is 3.07. The third kappa shape index (κ3) is 1.63. The maximum atomic E-state index is 13.1. The van der Waals surface area contributed by atoms with E-state index in [1.165, 1.54) is 6.07 Å².